The summed E-state index contributed by atoms with van der Waals surface area (Å²) in [6, 6.07) is 5.19. The summed E-state index contributed by atoms with van der Waals surface area (Å²) in [6.07, 6.45) is 6.38. The Labute approximate surface area is 127 Å². The second kappa shape index (κ2) is 6.31. The number of aromatic nitrogens is 6. The Kier molecular flexibility index (Phi) is 4.06. The molecule has 22 heavy (non-hydrogen) atoms. The summed E-state index contributed by atoms with van der Waals surface area (Å²) in [6.45, 7) is 1.89. The number of hydrogen-bond donors (Lipinski definition) is 1. The van der Waals surface area contributed by atoms with Crippen molar-refractivity contribution >= 4 is 0 Å². The van der Waals surface area contributed by atoms with Crippen molar-refractivity contribution in [3.05, 3.63) is 48.5 Å². The summed E-state index contributed by atoms with van der Waals surface area (Å²) in [5, 5.41) is 18.6. The molecule has 0 aliphatic rings. The van der Waals surface area contributed by atoms with Gasteiger partial charge in [0.25, 0.3) is 0 Å². The predicted molar refractivity (Wildman–Crippen MR) is 79.3 cm³/mol. The van der Waals surface area contributed by atoms with Crippen LogP contribution in [0.3, 0.4) is 0 Å². The molecule has 1 atom stereocenters. The highest BCUT2D eigenvalue weighted by Gasteiger charge is 2.18. The van der Waals surface area contributed by atoms with Crippen LogP contribution < -0.4 is 0 Å². The van der Waals surface area contributed by atoms with Crippen LogP contribution in [-0.4, -0.2) is 35.2 Å². The first kappa shape index (κ1) is 14.2. The summed E-state index contributed by atoms with van der Waals surface area (Å²) < 4.78 is 0. The number of rotatable bonds is 4. The Morgan fingerprint density at radius 1 is 0.909 bits per heavy atom. The normalized spacial score (nSPS) is 12.1. The maximum absolute atomic E-state index is 10.3. The molecule has 0 fully saturated rings. The van der Waals surface area contributed by atoms with Crippen molar-refractivity contribution < 1.29 is 5.11 Å². The molecule has 7 heteroatoms. The van der Waals surface area contributed by atoms with Crippen molar-refractivity contribution in [1.29, 1.82) is 0 Å². The highest BCUT2D eigenvalue weighted by Crippen LogP contribution is 2.27. The molecule has 110 valence electrons. The molecule has 0 aliphatic heterocycles. The number of aliphatic hydroxyl groups excluding tert-OH is 1. The molecule has 0 bridgehead atoms. The van der Waals surface area contributed by atoms with E-state index in [-0.39, 0.29) is 0 Å². The third-order valence-electron chi connectivity index (χ3n) is 3.14. The van der Waals surface area contributed by atoms with Crippen LogP contribution in [0.25, 0.3) is 23.0 Å². The van der Waals surface area contributed by atoms with Crippen molar-refractivity contribution in [2.24, 2.45) is 0 Å². The maximum Gasteiger partial charge on any atom is 0.180 e. The van der Waals surface area contributed by atoms with Crippen LogP contribution in [0.2, 0.25) is 0 Å². The van der Waals surface area contributed by atoms with Gasteiger partial charge in [0.15, 0.2) is 11.6 Å². The minimum atomic E-state index is -0.684. The molecule has 0 saturated carbocycles. The number of nitrogens with zero attached hydrogens (tertiary/aromatic N) is 6. The highest BCUT2D eigenvalue weighted by atomic mass is 16.3. The second-order valence-electron chi connectivity index (χ2n) is 4.60. The lowest BCUT2D eigenvalue weighted by Crippen LogP contribution is -2.06. The van der Waals surface area contributed by atoms with E-state index in [1.807, 2.05) is 6.92 Å². The fourth-order valence-electron chi connectivity index (χ4n) is 2.02. The molecule has 1 N–H and O–H groups in total. The zero-order valence-corrected chi connectivity index (χ0v) is 12.0. The highest BCUT2D eigenvalue weighted by molar-refractivity contribution is 5.59. The largest absolute Gasteiger partial charge is 0.388 e. The Bertz CT molecular complexity index is 750. The van der Waals surface area contributed by atoms with E-state index in [0.717, 1.165) is 0 Å². The van der Waals surface area contributed by atoms with Gasteiger partial charge in [0.2, 0.25) is 0 Å². The molecule has 3 rings (SSSR count). The zero-order chi connectivity index (χ0) is 15.4. The summed E-state index contributed by atoms with van der Waals surface area (Å²) in [5.74, 6) is 0.887. The van der Waals surface area contributed by atoms with E-state index in [2.05, 4.69) is 30.1 Å². The first-order chi connectivity index (χ1) is 10.8. The van der Waals surface area contributed by atoms with Gasteiger partial charge in [-0.3, -0.25) is 0 Å². The van der Waals surface area contributed by atoms with Crippen LogP contribution >= 0.6 is 0 Å². The van der Waals surface area contributed by atoms with Crippen molar-refractivity contribution in [3.8, 4) is 23.0 Å². The van der Waals surface area contributed by atoms with Crippen LogP contribution in [0.15, 0.2) is 43.0 Å². The smallest absolute Gasteiger partial charge is 0.180 e. The fourth-order valence-corrected chi connectivity index (χ4v) is 2.02. The van der Waals surface area contributed by atoms with Gasteiger partial charge < -0.3 is 5.11 Å². The summed E-state index contributed by atoms with van der Waals surface area (Å²) in [5.41, 5.74) is 1.59. The topological polar surface area (TPSA) is 97.6 Å². The Hall–Kier alpha value is -2.80. The van der Waals surface area contributed by atoms with Crippen LogP contribution in [0.1, 0.15) is 25.0 Å². The maximum atomic E-state index is 10.3. The molecule has 7 nitrogen and oxygen atoms in total. The molecule has 0 radical (unpaired) electrons. The lowest BCUT2D eigenvalue weighted by atomic mass is 10.0. The van der Waals surface area contributed by atoms with Crippen LogP contribution in [0, 0.1) is 0 Å². The van der Waals surface area contributed by atoms with Gasteiger partial charge in [-0.1, -0.05) is 6.92 Å². The van der Waals surface area contributed by atoms with Crippen molar-refractivity contribution in [2.45, 2.75) is 19.4 Å². The Morgan fingerprint density at radius 2 is 1.50 bits per heavy atom. The molecule has 3 aromatic heterocycles. The predicted octanol–water partition coefficient (Wildman–Crippen LogP) is 1.83. The third-order valence-corrected chi connectivity index (χ3v) is 3.14. The van der Waals surface area contributed by atoms with Gasteiger partial charge in [0.1, 0.15) is 11.4 Å². The van der Waals surface area contributed by atoms with Crippen molar-refractivity contribution in [2.75, 3.05) is 0 Å². The lowest BCUT2D eigenvalue weighted by molar-refractivity contribution is 0.173. The number of aliphatic hydroxyl groups is 1. The average Bonchev–Trinajstić information content (AvgIpc) is 2.62. The molecule has 0 spiro atoms. The minimum Gasteiger partial charge on any atom is -0.388 e. The van der Waals surface area contributed by atoms with E-state index in [1.54, 1.807) is 43.0 Å². The average molecular weight is 294 g/mol. The van der Waals surface area contributed by atoms with Gasteiger partial charge in [-0.2, -0.15) is 0 Å². The third kappa shape index (κ3) is 2.79. The van der Waals surface area contributed by atoms with Crippen LogP contribution in [-0.2, 0) is 0 Å². The van der Waals surface area contributed by atoms with Gasteiger partial charge in [-0.05, 0) is 24.6 Å². The quantitative estimate of drug-likeness (QED) is 0.783. The molecule has 0 aromatic carbocycles. The SMILES string of the molecule is CCC(O)c1cc(-c2ncccn2)nnc1-c1ncccn1. The summed E-state index contributed by atoms with van der Waals surface area (Å²) in [4.78, 5) is 16.6. The molecular weight excluding hydrogens is 280 g/mol. The van der Waals surface area contributed by atoms with E-state index in [9.17, 15) is 5.11 Å². The first-order valence-electron chi connectivity index (χ1n) is 6.90. The second-order valence-corrected chi connectivity index (χ2v) is 4.60. The van der Waals surface area contributed by atoms with E-state index in [1.165, 1.54) is 0 Å². The minimum absolute atomic E-state index is 0.429. The van der Waals surface area contributed by atoms with Gasteiger partial charge >= 0.3 is 0 Å². The molecule has 0 aliphatic carbocycles. The molecule has 0 amide bonds. The fraction of sp³-hybridized carbons (Fsp3) is 0.200. The van der Waals surface area contributed by atoms with Gasteiger partial charge in [0.05, 0.1) is 6.10 Å². The van der Waals surface area contributed by atoms with E-state index < -0.39 is 6.10 Å². The molecule has 1 unspecified atom stereocenters. The van der Waals surface area contributed by atoms with E-state index in [4.69, 9.17) is 0 Å². The molecule has 3 heterocycles. The molecule has 3 aromatic rings. The molecular formula is C15H14N6O. The lowest BCUT2D eigenvalue weighted by Gasteiger charge is -2.12. The van der Waals surface area contributed by atoms with Crippen LogP contribution in [0.4, 0.5) is 0 Å². The zero-order valence-electron chi connectivity index (χ0n) is 12.0. The van der Waals surface area contributed by atoms with Crippen LogP contribution in [0.5, 0.6) is 0 Å². The summed E-state index contributed by atoms with van der Waals surface area (Å²) in [7, 11) is 0. The van der Waals surface area contributed by atoms with Crippen molar-refractivity contribution in [1.82, 2.24) is 30.1 Å². The standard InChI is InChI=1S/C15H14N6O/c1-2-12(22)10-9-11(14-16-5-3-6-17-14)20-21-13(10)15-18-7-4-8-19-15/h3-9,12,22H,2H2,1H3. The van der Waals surface area contributed by atoms with Gasteiger partial charge in [0, 0.05) is 30.4 Å². The van der Waals surface area contributed by atoms with E-state index >= 15 is 0 Å². The molecule has 0 saturated heterocycles. The van der Waals surface area contributed by atoms with E-state index in [0.29, 0.717) is 35.0 Å². The Balaban J connectivity index is 2.12. The number of hydrogen-bond acceptors (Lipinski definition) is 7. The Morgan fingerprint density at radius 3 is 2.09 bits per heavy atom. The summed E-state index contributed by atoms with van der Waals surface area (Å²) >= 11 is 0. The van der Waals surface area contributed by atoms with Gasteiger partial charge in [-0.25, -0.2) is 19.9 Å². The first-order valence-corrected chi connectivity index (χ1v) is 6.90. The van der Waals surface area contributed by atoms with Crippen molar-refractivity contribution in [3.63, 3.8) is 0 Å². The monoisotopic (exact) mass is 294 g/mol. The van der Waals surface area contributed by atoms with Gasteiger partial charge in [-0.15, -0.1) is 10.2 Å².